The van der Waals surface area contributed by atoms with Crippen LogP contribution in [0.25, 0.3) is 32.3 Å². The zero-order chi connectivity index (χ0) is 23.7. The molecule has 168 valence electrons. The highest BCUT2D eigenvalue weighted by atomic mass is 16.6. The van der Waals surface area contributed by atoms with Gasteiger partial charge < -0.3 is 20.1 Å². The molecule has 1 aliphatic heterocycles. The topological polar surface area (TPSA) is 73.2 Å². The van der Waals surface area contributed by atoms with Crippen molar-refractivity contribution in [2.45, 2.75) is 5.92 Å². The summed E-state index contributed by atoms with van der Waals surface area (Å²) in [6.45, 7) is 0. The molecule has 0 radical (unpaired) electrons. The summed E-state index contributed by atoms with van der Waals surface area (Å²) in [5, 5.41) is 37.3. The van der Waals surface area contributed by atoms with Gasteiger partial charge in [-0.25, -0.2) is 0 Å². The van der Waals surface area contributed by atoms with E-state index in [0.29, 0.717) is 0 Å². The van der Waals surface area contributed by atoms with Crippen molar-refractivity contribution in [2.24, 2.45) is 0 Å². The summed E-state index contributed by atoms with van der Waals surface area (Å²) >= 11 is 0. The maximum atomic E-state index is 11.3. The lowest BCUT2D eigenvalue weighted by Crippen LogP contribution is -2.06. The van der Waals surface area contributed by atoms with Crippen LogP contribution in [0.5, 0.6) is 28.7 Å². The second-order valence-corrected chi connectivity index (χ2v) is 9.03. The van der Waals surface area contributed by atoms with E-state index in [2.05, 4.69) is 24.3 Å². The standard InChI is InChI=1S/C31H20O4/c32-20-9-11-23-18(14-20)8-13-26(34)28(23)29(25-7-3-5-17-4-1-2-6-22(17)25)30-24-12-10-21(33)15-19(24)16-27-31(30)35-27/h1-16,29,32-34H. The van der Waals surface area contributed by atoms with Gasteiger partial charge in [0.25, 0.3) is 0 Å². The lowest BCUT2D eigenvalue weighted by atomic mass is 9.78. The minimum Gasteiger partial charge on any atom is -0.508 e. The predicted molar refractivity (Wildman–Crippen MR) is 138 cm³/mol. The van der Waals surface area contributed by atoms with Gasteiger partial charge in [0.15, 0.2) is 11.5 Å². The Bertz CT molecular complexity index is 1780. The molecule has 0 saturated carbocycles. The number of aromatic hydroxyl groups is 3. The Balaban J connectivity index is 1.65. The van der Waals surface area contributed by atoms with Crippen molar-refractivity contribution < 1.29 is 20.1 Å². The van der Waals surface area contributed by atoms with E-state index in [9.17, 15) is 15.3 Å². The van der Waals surface area contributed by atoms with Crippen LogP contribution in [0.1, 0.15) is 22.6 Å². The SMILES string of the molecule is Oc1ccc2c(C(c3cccc4ccccc34)c3c4c(cc5cc(O)ccc35)O4)c(O)ccc2c1. The Hall–Kier alpha value is -4.70. The Morgan fingerprint density at radius 1 is 0.543 bits per heavy atom. The van der Waals surface area contributed by atoms with Crippen LogP contribution >= 0.6 is 0 Å². The first kappa shape index (κ1) is 19.7. The molecule has 0 saturated heterocycles. The van der Waals surface area contributed by atoms with Gasteiger partial charge in [-0.3, -0.25) is 0 Å². The molecule has 4 nitrogen and oxygen atoms in total. The van der Waals surface area contributed by atoms with E-state index in [1.165, 1.54) is 0 Å². The summed E-state index contributed by atoms with van der Waals surface area (Å²) < 4.78 is 5.96. The van der Waals surface area contributed by atoms with Gasteiger partial charge in [-0.1, -0.05) is 60.7 Å². The summed E-state index contributed by atoms with van der Waals surface area (Å²) in [6.07, 6.45) is 0. The molecule has 0 amide bonds. The smallest absolute Gasteiger partial charge is 0.174 e. The van der Waals surface area contributed by atoms with E-state index >= 15 is 0 Å². The zero-order valence-electron chi connectivity index (χ0n) is 18.6. The molecule has 1 unspecified atom stereocenters. The Morgan fingerprint density at radius 2 is 1.26 bits per heavy atom. The summed E-state index contributed by atoms with van der Waals surface area (Å²) in [6, 6.07) is 30.4. The zero-order valence-corrected chi connectivity index (χ0v) is 18.6. The van der Waals surface area contributed by atoms with E-state index in [1.807, 2.05) is 42.5 Å². The number of phenols is 3. The quantitative estimate of drug-likeness (QED) is 0.190. The Labute approximate surface area is 200 Å². The van der Waals surface area contributed by atoms with Gasteiger partial charge in [0, 0.05) is 17.0 Å². The minimum absolute atomic E-state index is 0.173. The highest BCUT2D eigenvalue weighted by molar-refractivity contribution is 5.99. The number of phenolic OH excluding ortho intramolecular Hbond substituents is 3. The van der Waals surface area contributed by atoms with E-state index in [1.54, 1.807) is 30.3 Å². The summed E-state index contributed by atoms with van der Waals surface area (Å²) in [7, 11) is 0. The first-order valence-corrected chi connectivity index (χ1v) is 11.5. The first-order valence-electron chi connectivity index (χ1n) is 11.5. The van der Waals surface area contributed by atoms with Crippen LogP contribution in [-0.2, 0) is 0 Å². The second-order valence-electron chi connectivity index (χ2n) is 9.03. The molecule has 0 bridgehead atoms. The summed E-state index contributed by atoms with van der Waals surface area (Å²) in [5.41, 5.74) is 2.74. The molecule has 3 N–H and O–H groups in total. The van der Waals surface area contributed by atoms with Crippen LogP contribution < -0.4 is 4.74 Å². The average Bonchev–Trinajstić information content (AvgIpc) is 3.64. The third-order valence-corrected chi connectivity index (χ3v) is 6.98. The average molecular weight is 456 g/mol. The van der Waals surface area contributed by atoms with Crippen LogP contribution in [0.3, 0.4) is 0 Å². The molecule has 1 atom stereocenters. The summed E-state index contributed by atoms with van der Waals surface area (Å²) in [5.74, 6) is 1.75. The maximum Gasteiger partial charge on any atom is 0.174 e. The van der Waals surface area contributed by atoms with E-state index in [0.717, 1.165) is 60.5 Å². The number of ether oxygens (including phenoxy) is 1. The molecular weight excluding hydrogens is 436 g/mol. The van der Waals surface area contributed by atoms with Crippen molar-refractivity contribution in [3.8, 4) is 28.7 Å². The molecule has 1 aliphatic rings. The fourth-order valence-electron chi connectivity index (χ4n) is 5.42. The number of benzene rings is 6. The molecule has 1 heterocycles. The number of rotatable bonds is 3. The van der Waals surface area contributed by atoms with Gasteiger partial charge >= 0.3 is 0 Å². The van der Waals surface area contributed by atoms with Gasteiger partial charge in [-0.15, -0.1) is 0 Å². The third kappa shape index (κ3) is 3.00. The monoisotopic (exact) mass is 456 g/mol. The van der Waals surface area contributed by atoms with Gasteiger partial charge in [0.2, 0.25) is 0 Å². The van der Waals surface area contributed by atoms with Crippen molar-refractivity contribution in [1.82, 2.24) is 0 Å². The number of fused-ring (bicyclic) bond motifs is 4. The van der Waals surface area contributed by atoms with Crippen molar-refractivity contribution in [1.29, 1.82) is 0 Å². The molecule has 7 rings (SSSR count). The molecule has 0 aromatic heterocycles. The molecule has 0 spiro atoms. The van der Waals surface area contributed by atoms with Crippen LogP contribution in [-0.4, -0.2) is 15.3 Å². The molecule has 6 aromatic rings. The summed E-state index contributed by atoms with van der Waals surface area (Å²) in [4.78, 5) is 0. The van der Waals surface area contributed by atoms with Crippen molar-refractivity contribution in [3.63, 3.8) is 0 Å². The van der Waals surface area contributed by atoms with Crippen LogP contribution in [0, 0.1) is 0 Å². The second kappa shape index (κ2) is 7.15. The highest BCUT2D eigenvalue weighted by Gasteiger charge is 2.35. The fourth-order valence-corrected chi connectivity index (χ4v) is 5.42. The lowest BCUT2D eigenvalue weighted by molar-refractivity contribution is 0.468. The molecule has 35 heavy (non-hydrogen) atoms. The molecule has 4 heteroatoms. The van der Waals surface area contributed by atoms with Crippen molar-refractivity contribution >= 4 is 32.3 Å². The van der Waals surface area contributed by atoms with Crippen LogP contribution in [0.4, 0.5) is 0 Å². The third-order valence-electron chi connectivity index (χ3n) is 6.98. The highest BCUT2D eigenvalue weighted by Crippen LogP contribution is 2.58. The molecular formula is C31H20O4. The predicted octanol–water partition coefficient (Wildman–Crippen LogP) is 7.55. The molecule has 0 fully saturated rings. The van der Waals surface area contributed by atoms with Crippen molar-refractivity contribution in [3.05, 3.63) is 114 Å². The Morgan fingerprint density at radius 3 is 2.09 bits per heavy atom. The number of hydrogen-bond acceptors (Lipinski definition) is 4. The maximum absolute atomic E-state index is 11.3. The van der Waals surface area contributed by atoms with Gasteiger partial charge in [0.1, 0.15) is 17.2 Å². The first-order chi connectivity index (χ1) is 17.1. The van der Waals surface area contributed by atoms with Crippen molar-refractivity contribution in [2.75, 3.05) is 0 Å². The molecule has 6 aromatic carbocycles. The van der Waals surface area contributed by atoms with Gasteiger partial charge in [-0.2, -0.15) is 0 Å². The lowest BCUT2D eigenvalue weighted by Gasteiger charge is -2.24. The van der Waals surface area contributed by atoms with E-state index in [4.69, 9.17) is 4.74 Å². The largest absolute Gasteiger partial charge is 0.508 e. The normalized spacial score (nSPS) is 13.0. The molecule has 0 aliphatic carbocycles. The Kier molecular flexibility index (Phi) is 4.03. The van der Waals surface area contributed by atoms with Gasteiger partial charge in [0.05, 0.1) is 0 Å². The minimum atomic E-state index is -0.362. The fraction of sp³-hybridized carbons (Fsp3) is 0.0323. The van der Waals surface area contributed by atoms with Crippen LogP contribution in [0.15, 0.2) is 97.1 Å². The van der Waals surface area contributed by atoms with Gasteiger partial charge in [-0.05, 0) is 74.3 Å². The van der Waals surface area contributed by atoms with Crippen LogP contribution in [0.2, 0.25) is 0 Å². The van der Waals surface area contributed by atoms with E-state index in [-0.39, 0.29) is 23.2 Å². The number of hydrogen-bond donors (Lipinski definition) is 3. The van der Waals surface area contributed by atoms with E-state index < -0.39 is 0 Å².